The van der Waals surface area contributed by atoms with Gasteiger partial charge in [0.15, 0.2) is 4.47 Å². The number of benzene rings is 1. The molecule has 3 aromatic rings. The lowest BCUT2D eigenvalue weighted by atomic mass is 9.79. The number of carbonyl (C=O) groups is 1. The minimum atomic E-state index is -0.518. The van der Waals surface area contributed by atoms with Crippen molar-refractivity contribution in [2.45, 2.75) is 24.8 Å². The predicted molar refractivity (Wildman–Crippen MR) is 103 cm³/mol. The van der Waals surface area contributed by atoms with Gasteiger partial charge in [-0.1, -0.05) is 23.7 Å². The van der Waals surface area contributed by atoms with E-state index in [1.165, 1.54) is 22.5 Å². The first-order valence-corrected chi connectivity index (χ1v) is 9.56. The van der Waals surface area contributed by atoms with Crippen LogP contribution in [0.5, 0.6) is 0 Å². The van der Waals surface area contributed by atoms with E-state index in [0.717, 1.165) is 22.5 Å². The molecule has 1 unspecified atom stereocenters. The van der Waals surface area contributed by atoms with Gasteiger partial charge in [0.05, 0.1) is 12.0 Å². The monoisotopic (exact) mass is 382 g/mol. The average Bonchev–Trinajstić information content (AvgIpc) is 3.30. The first-order valence-electron chi connectivity index (χ1n) is 8.37. The number of carbonyl (C=O) groups excluding carboxylic acids is 1. The summed E-state index contributed by atoms with van der Waals surface area (Å²) in [6.07, 6.45) is 4.93. The van der Waals surface area contributed by atoms with Crippen LogP contribution in [0.2, 0.25) is 4.47 Å². The van der Waals surface area contributed by atoms with Crippen LogP contribution in [0.25, 0.3) is 0 Å². The zero-order chi connectivity index (χ0) is 17.7. The molecule has 2 aliphatic rings. The summed E-state index contributed by atoms with van der Waals surface area (Å²) in [5.41, 5.74) is 3.97. The maximum absolute atomic E-state index is 12.7. The molecule has 130 valence electrons. The van der Waals surface area contributed by atoms with Gasteiger partial charge in [0.2, 0.25) is 5.91 Å². The molecule has 1 aliphatic heterocycles. The zero-order valence-electron chi connectivity index (χ0n) is 13.8. The molecule has 0 bridgehead atoms. The Morgan fingerprint density at radius 2 is 2.12 bits per heavy atom. The minimum absolute atomic E-state index is 0.0520. The van der Waals surface area contributed by atoms with E-state index in [2.05, 4.69) is 38.8 Å². The van der Waals surface area contributed by atoms with Gasteiger partial charge in [-0.2, -0.15) is 0 Å². The van der Waals surface area contributed by atoms with Gasteiger partial charge in [-0.25, -0.2) is 9.97 Å². The molecular formula is C19H15ClN4OS. The van der Waals surface area contributed by atoms with Crippen LogP contribution < -0.4 is 10.6 Å². The van der Waals surface area contributed by atoms with Gasteiger partial charge in [0, 0.05) is 28.5 Å². The standard InChI is InChI=1S/C19H15ClN4OS/c20-18-23-10-14(26-18)9-22-13-4-3-11-7-19(8-12(11)6-13)15-2-1-5-21-16(15)24-17(19)25/h1-6,10,22H,7-9H2,(H,21,24,25). The summed E-state index contributed by atoms with van der Waals surface area (Å²) in [5, 5.41) is 6.36. The van der Waals surface area contributed by atoms with Crippen molar-refractivity contribution >= 4 is 40.4 Å². The highest BCUT2D eigenvalue weighted by atomic mass is 35.5. The Labute approximate surface area is 159 Å². The van der Waals surface area contributed by atoms with Crippen molar-refractivity contribution in [1.82, 2.24) is 9.97 Å². The largest absolute Gasteiger partial charge is 0.380 e. The Hall–Kier alpha value is -2.44. The highest BCUT2D eigenvalue weighted by Crippen LogP contribution is 2.46. The first-order chi connectivity index (χ1) is 12.6. The molecule has 5 rings (SSSR count). The van der Waals surface area contributed by atoms with E-state index in [4.69, 9.17) is 11.6 Å². The number of aromatic nitrogens is 2. The van der Waals surface area contributed by atoms with Crippen molar-refractivity contribution < 1.29 is 4.79 Å². The van der Waals surface area contributed by atoms with Gasteiger partial charge in [0.25, 0.3) is 0 Å². The van der Waals surface area contributed by atoms with Gasteiger partial charge in [-0.05, 0) is 42.2 Å². The van der Waals surface area contributed by atoms with Crippen molar-refractivity contribution in [2.24, 2.45) is 0 Å². The molecule has 1 amide bonds. The Kier molecular flexibility index (Phi) is 3.52. The van der Waals surface area contributed by atoms with E-state index in [9.17, 15) is 4.79 Å². The molecule has 1 spiro atoms. The molecule has 5 nitrogen and oxygen atoms in total. The first kappa shape index (κ1) is 15.8. The summed E-state index contributed by atoms with van der Waals surface area (Å²) in [6, 6.07) is 10.2. The van der Waals surface area contributed by atoms with E-state index < -0.39 is 5.41 Å². The number of pyridine rings is 1. The molecule has 2 N–H and O–H groups in total. The number of fused-ring (bicyclic) bond motifs is 3. The van der Waals surface area contributed by atoms with Crippen molar-refractivity contribution in [1.29, 1.82) is 0 Å². The molecule has 0 radical (unpaired) electrons. The number of anilines is 2. The molecule has 1 aliphatic carbocycles. The van der Waals surface area contributed by atoms with E-state index in [1.54, 1.807) is 12.4 Å². The van der Waals surface area contributed by atoms with E-state index in [1.807, 2.05) is 12.1 Å². The second-order valence-corrected chi connectivity index (χ2v) is 8.40. The summed E-state index contributed by atoms with van der Waals surface area (Å²) in [6.45, 7) is 0.682. The third-order valence-corrected chi connectivity index (χ3v) is 6.29. The number of amides is 1. The van der Waals surface area contributed by atoms with Crippen LogP contribution in [-0.2, 0) is 29.6 Å². The molecule has 1 aromatic carbocycles. The minimum Gasteiger partial charge on any atom is -0.380 e. The lowest BCUT2D eigenvalue weighted by Crippen LogP contribution is -2.35. The van der Waals surface area contributed by atoms with Gasteiger partial charge < -0.3 is 10.6 Å². The maximum Gasteiger partial charge on any atom is 0.237 e. The Bertz CT molecular complexity index is 1030. The summed E-state index contributed by atoms with van der Waals surface area (Å²) in [5.74, 6) is 0.752. The lowest BCUT2D eigenvalue weighted by molar-refractivity contribution is -0.120. The zero-order valence-corrected chi connectivity index (χ0v) is 15.3. The Morgan fingerprint density at radius 3 is 2.96 bits per heavy atom. The van der Waals surface area contributed by atoms with Crippen LogP contribution in [0.4, 0.5) is 11.5 Å². The van der Waals surface area contributed by atoms with Crippen LogP contribution in [0.15, 0.2) is 42.7 Å². The van der Waals surface area contributed by atoms with Gasteiger partial charge in [-0.3, -0.25) is 4.79 Å². The number of thiazole rings is 1. The number of nitrogens with one attached hydrogen (secondary N) is 2. The van der Waals surface area contributed by atoms with Crippen molar-refractivity contribution in [2.75, 3.05) is 10.6 Å². The second kappa shape index (κ2) is 5.79. The van der Waals surface area contributed by atoms with E-state index in [-0.39, 0.29) is 5.91 Å². The van der Waals surface area contributed by atoms with E-state index in [0.29, 0.717) is 23.3 Å². The molecule has 7 heteroatoms. The van der Waals surface area contributed by atoms with Gasteiger partial charge >= 0.3 is 0 Å². The Morgan fingerprint density at radius 1 is 1.23 bits per heavy atom. The normalized spacial score (nSPS) is 20.1. The van der Waals surface area contributed by atoms with Crippen LogP contribution in [0, 0.1) is 0 Å². The summed E-state index contributed by atoms with van der Waals surface area (Å²) in [4.78, 5) is 22.2. The summed E-state index contributed by atoms with van der Waals surface area (Å²) >= 11 is 7.35. The number of hydrogen-bond donors (Lipinski definition) is 2. The molecule has 3 heterocycles. The van der Waals surface area contributed by atoms with Gasteiger partial charge in [-0.15, -0.1) is 11.3 Å². The highest BCUT2D eigenvalue weighted by Gasteiger charge is 2.50. The van der Waals surface area contributed by atoms with Crippen molar-refractivity contribution in [3.63, 3.8) is 0 Å². The summed E-state index contributed by atoms with van der Waals surface area (Å²) in [7, 11) is 0. The van der Waals surface area contributed by atoms with Crippen LogP contribution in [-0.4, -0.2) is 15.9 Å². The lowest BCUT2D eigenvalue weighted by Gasteiger charge is -2.20. The molecular weight excluding hydrogens is 368 g/mol. The fourth-order valence-corrected chi connectivity index (χ4v) is 4.85. The summed E-state index contributed by atoms with van der Waals surface area (Å²) < 4.78 is 0.553. The fraction of sp³-hybridized carbons (Fsp3) is 0.211. The predicted octanol–water partition coefficient (Wildman–Crippen LogP) is 3.79. The molecule has 0 fully saturated rings. The van der Waals surface area contributed by atoms with Crippen molar-refractivity contribution in [3.05, 3.63) is 68.8 Å². The molecule has 0 saturated heterocycles. The van der Waals surface area contributed by atoms with Crippen LogP contribution in [0.3, 0.4) is 0 Å². The molecule has 0 saturated carbocycles. The molecule has 1 atom stereocenters. The second-order valence-electron chi connectivity index (χ2n) is 6.71. The average molecular weight is 383 g/mol. The number of halogens is 1. The smallest absolute Gasteiger partial charge is 0.237 e. The quantitative estimate of drug-likeness (QED) is 0.723. The number of rotatable bonds is 3. The molecule has 2 aromatic heterocycles. The molecule has 26 heavy (non-hydrogen) atoms. The Balaban J connectivity index is 1.41. The van der Waals surface area contributed by atoms with Crippen LogP contribution in [0.1, 0.15) is 21.6 Å². The van der Waals surface area contributed by atoms with Gasteiger partial charge in [0.1, 0.15) is 5.82 Å². The number of hydrogen-bond acceptors (Lipinski definition) is 5. The van der Waals surface area contributed by atoms with E-state index >= 15 is 0 Å². The SMILES string of the molecule is O=C1Nc2ncccc2C12Cc1ccc(NCc3cnc(Cl)s3)cc1C2. The van der Waals surface area contributed by atoms with Crippen molar-refractivity contribution in [3.8, 4) is 0 Å². The maximum atomic E-state index is 12.7. The topological polar surface area (TPSA) is 66.9 Å². The van der Waals surface area contributed by atoms with Crippen LogP contribution >= 0.6 is 22.9 Å². The fourth-order valence-electron chi connectivity index (χ4n) is 3.93. The highest BCUT2D eigenvalue weighted by molar-refractivity contribution is 7.15. The third-order valence-electron chi connectivity index (χ3n) is 5.17. The third kappa shape index (κ3) is 2.40. The number of nitrogens with zero attached hydrogens (tertiary/aromatic N) is 2.